The van der Waals surface area contributed by atoms with Crippen molar-refractivity contribution in [2.24, 2.45) is 0 Å². The molecule has 0 fully saturated rings. The minimum absolute atomic E-state index is 0.0691. The zero-order valence-electron chi connectivity index (χ0n) is 12.1. The summed E-state index contributed by atoms with van der Waals surface area (Å²) in [6, 6.07) is 8.44. The number of nitrogens with zero attached hydrogens (tertiary/aromatic N) is 3. The molecule has 0 aliphatic carbocycles. The van der Waals surface area contributed by atoms with Crippen molar-refractivity contribution < 1.29 is 9.59 Å². The molecule has 0 unspecified atom stereocenters. The van der Waals surface area contributed by atoms with E-state index in [0.29, 0.717) is 17.7 Å². The fourth-order valence-corrected chi connectivity index (χ4v) is 1.70. The highest BCUT2D eigenvalue weighted by Gasteiger charge is 2.18. The van der Waals surface area contributed by atoms with Gasteiger partial charge in [0.2, 0.25) is 5.91 Å². The summed E-state index contributed by atoms with van der Waals surface area (Å²) < 4.78 is 0. The van der Waals surface area contributed by atoms with Gasteiger partial charge in [-0.15, -0.1) is 0 Å². The molecule has 5 nitrogen and oxygen atoms in total. The Morgan fingerprint density at radius 3 is 2.25 bits per heavy atom. The molecule has 0 heterocycles. The SMILES string of the molecule is CCCN(CC(=O)N(C)C)C(=O)c1ccc(C#N)cc1. The summed E-state index contributed by atoms with van der Waals surface area (Å²) in [6.07, 6.45) is 0.780. The van der Waals surface area contributed by atoms with E-state index in [2.05, 4.69) is 0 Å². The number of amides is 2. The highest BCUT2D eigenvalue weighted by molar-refractivity contribution is 5.96. The van der Waals surface area contributed by atoms with E-state index in [0.717, 1.165) is 6.42 Å². The normalized spacial score (nSPS) is 9.70. The van der Waals surface area contributed by atoms with Crippen molar-refractivity contribution >= 4 is 11.8 Å². The van der Waals surface area contributed by atoms with Gasteiger partial charge in [-0.05, 0) is 30.7 Å². The van der Waals surface area contributed by atoms with E-state index >= 15 is 0 Å². The quantitative estimate of drug-likeness (QED) is 0.816. The fourth-order valence-electron chi connectivity index (χ4n) is 1.70. The Morgan fingerprint density at radius 2 is 1.80 bits per heavy atom. The van der Waals surface area contributed by atoms with E-state index in [4.69, 9.17) is 5.26 Å². The summed E-state index contributed by atoms with van der Waals surface area (Å²) in [5, 5.41) is 8.75. The molecule has 20 heavy (non-hydrogen) atoms. The predicted molar refractivity (Wildman–Crippen MR) is 76.0 cm³/mol. The van der Waals surface area contributed by atoms with Crippen molar-refractivity contribution in [1.29, 1.82) is 5.26 Å². The maximum Gasteiger partial charge on any atom is 0.254 e. The minimum atomic E-state index is -0.188. The molecule has 0 spiro atoms. The van der Waals surface area contributed by atoms with Crippen LogP contribution >= 0.6 is 0 Å². The van der Waals surface area contributed by atoms with E-state index in [9.17, 15) is 9.59 Å². The number of carbonyl (C=O) groups is 2. The molecule has 0 bridgehead atoms. The molecule has 1 aromatic rings. The molecule has 0 N–H and O–H groups in total. The smallest absolute Gasteiger partial charge is 0.254 e. The second-order valence-electron chi connectivity index (χ2n) is 4.70. The molecular formula is C15H19N3O2. The van der Waals surface area contributed by atoms with Crippen molar-refractivity contribution in [3.8, 4) is 6.07 Å². The number of carbonyl (C=O) groups excluding carboxylic acids is 2. The summed E-state index contributed by atoms with van der Waals surface area (Å²) >= 11 is 0. The van der Waals surface area contributed by atoms with Gasteiger partial charge < -0.3 is 9.80 Å². The highest BCUT2D eigenvalue weighted by Crippen LogP contribution is 2.08. The molecule has 106 valence electrons. The lowest BCUT2D eigenvalue weighted by Crippen LogP contribution is -2.40. The molecule has 0 aromatic heterocycles. The molecule has 0 aliphatic heterocycles. The van der Waals surface area contributed by atoms with Gasteiger partial charge in [-0.1, -0.05) is 6.92 Å². The van der Waals surface area contributed by atoms with E-state index in [1.165, 1.54) is 9.80 Å². The molecule has 0 saturated carbocycles. The Hall–Kier alpha value is -2.35. The minimum Gasteiger partial charge on any atom is -0.347 e. The molecule has 0 saturated heterocycles. The zero-order valence-corrected chi connectivity index (χ0v) is 12.1. The summed E-state index contributed by atoms with van der Waals surface area (Å²) in [5.74, 6) is -0.299. The number of likely N-dealkylation sites (N-methyl/N-ethyl adjacent to an activating group) is 1. The zero-order chi connectivity index (χ0) is 15.1. The maximum atomic E-state index is 12.4. The topological polar surface area (TPSA) is 64.4 Å². The number of rotatable bonds is 5. The number of nitriles is 1. The summed E-state index contributed by atoms with van der Waals surface area (Å²) in [5.41, 5.74) is 0.997. The van der Waals surface area contributed by atoms with Crippen LogP contribution in [0.15, 0.2) is 24.3 Å². The molecule has 1 rings (SSSR count). The van der Waals surface area contributed by atoms with Crippen LogP contribution in [0.3, 0.4) is 0 Å². The monoisotopic (exact) mass is 273 g/mol. The maximum absolute atomic E-state index is 12.4. The first kappa shape index (κ1) is 15.7. The standard InChI is InChI=1S/C15H19N3O2/c1-4-9-18(11-14(19)17(2)3)15(20)13-7-5-12(10-16)6-8-13/h5-8H,4,9,11H2,1-3H3. The third-order valence-electron chi connectivity index (χ3n) is 2.87. The van der Waals surface area contributed by atoms with Crippen molar-refractivity contribution in [2.45, 2.75) is 13.3 Å². The van der Waals surface area contributed by atoms with Crippen LogP contribution in [0.2, 0.25) is 0 Å². The number of hydrogen-bond donors (Lipinski definition) is 0. The molecule has 0 aliphatic rings. The number of benzene rings is 1. The van der Waals surface area contributed by atoms with Crippen LogP contribution in [0, 0.1) is 11.3 Å². The Labute approximate surface area is 119 Å². The van der Waals surface area contributed by atoms with Gasteiger partial charge in [-0.3, -0.25) is 9.59 Å². The van der Waals surface area contributed by atoms with Gasteiger partial charge in [0.25, 0.3) is 5.91 Å². The molecule has 1 aromatic carbocycles. The van der Waals surface area contributed by atoms with E-state index in [-0.39, 0.29) is 18.4 Å². The Balaban J connectivity index is 2.87. The first-order valence-electron chi connectivity index (χ1n) is 6.49. The predicted octanol–water partition coefficient (Wildman–Crippen LogP) is 1.50. The second-order valence-corrected chi connectivity index (χ2v) is 4.70. The molecule has 5 heteroatoms. The van der Waals surface area contributed by atoms with Gasteiger partial charge in [0, 0.05) is 26.2 Å². The van der Waals surface area contributed by atoms with Crippen LogP contribution < -0.4 is 0 Å². The van der Waals surface area contributed by atoms with Crippen LogP contribution in [0.4, 0.5) is 0 Å². The van der Waals surface area contributed by atoms with Crippen molar-refractivity contribution in [3.05, 3.63) is 35.4 Å². The van der Waals surface area contributed by atoms with Gasteiger partial charge in [0.05, 0.1) is 11.6 Å². The third-order valence-corrected chi connectivity index (χ3v) is 2.87. The summed E-state index contributed by atoms with van der Waals surface area (Å²) in [6.45, 7) is 2.55. The fraction of sp³-hybridized carbons (Fsp3) is 0.400. The molecule has 2 amide bonds. The average molecular weight is 273 g/mol. The Bertz CT molecular complexity index is 515. The third kappa shape index (κ3) is 4.09. The average Bonchev–Trinajstić information content (AvgIpc) is 2.46. The van der Waals surface area contributed by atoms with Gasteiger partial charge in [0.15, 0.2) is 0 Å². The van der Waals surface area contributed by atoms with Crippen LogP contribution in [0.5, 0.6) is 0 Å². The summed E-state index contributed by atoms with van der Waals surface area (Å²) in [4.78, 5) is 27.1. The van der Waals surface area contributed by atoms with Gasteiger partial charge in [-0.25, -0.2) is 0 Å². The van der Waals surface area contributed by atoms with Crippen LogP contribution in [0.1, 0.15) is 29.3 Å². The van der Waals surface area contributed by atoms with E-state index in [1.54, 1.807) is 38.4 Å². The van der Waals surface area contributed by atoms with Gasteiger partial charge >= 0.3 is 0 Å². The lowest BCUT2D eigenvalue weighted by atomic mass is 10.1. The first-order valence-corrected chi connectivity index (χ1v) is 6.49. The molecule has 0 atom stereocenters. The summed E-state index contributed by atoms with van der Waals surface area (Å²) in [7, 11) is 3.33. The van der Waals surface area contributed by atoms with Crippen LogP contribution in [0.25, 0.3) is 0 Å². The van der Waals surface area contributed by atoms with Crippen molar-refractivity contribution in [2.75, 3.05) is 27.2 Å². The van der Waals surface area contributed by atoms with Crippen molar-refractivity contribution in [1.82, 2.24) is 9.80 Å². The van der Waals surface area contributed by atoms with Gasteiger partial charge in [-0.2, -0.15) is 5.26 Å². The lowest BCUT2D eigenvalue weighted by molar-refractivity contribution is -0.129. The Morgan fingerprint density at radius 1 is 1.20 bits per heavy atom. The second kappa shape index (κ2) is 7.29. The van der Waals surface area contributed by atoms with Gasteiger partial charge in [0.1, 0.15) is 6.54 Å². The highest BCUT2D eigenvalue weighted by atomic mass is 16.2. The largest absolute Gasteiger partial charge is 0.347 e. The molecule has 0 radical (unpaired) electrons. The first-order chi connectivity index (χ1) is 9.49. The van der Waals surface area contributed by atoms with Crippen LogP contribution in [-0.4, -0.2) is 48.8 Å². The van der Waals surface area contributed by atoms with Crippen molar-refractivity contribution in [3.63, 3.8) is 0 Å². The lowest BCUT2D eigenvalue weighted by Gasteiger charge is -2.23. The molecular weight excluding hydrogens is 254 g/mol. The number of hydrogen-bond acceptors (Lipinski definition) is 3. The van der Waals surface area contributed by atoms with E-state index in [1.807, 2.05) is 13.0 Å². The van der Waals surface area contributed by atoms with Crippen LogP contribution in [-0.2, 0) is 4.79 Å². The Kier molecular flexibility index (Phi) is 5.73. The van der Waals surface area contributed by atoms with E-state index < -0.39 is 0 Å².